The van der Waals surface area contributed by atoms with Gasteiger partial charge >= 0.3 is 0 Å². The molecule has 1 atom stereocenters. The summed E-state index contributed by atoms with van der Waals surface area (Å²) in [6, 6.07) is 2.99. The van der Waals surface area contributed by atoms with E-state index in [0.717, 1.165) is 5.56 Å². The first-order chi connectivity index (χ1) is 7.67. The lowest BCUT2D eigenvalue weighted by Crippen LogP contribution is -2.08. The lowest BCUT2D eigenvalue weighted by molar-refractivity contribution is 0.323. The molecule has 0 fully saturated rings. The average molecular weight is 221 g/mol. The van der Waals surface area contributed by atoms with Crippen LogP contribution in [-0.4, -0.2) is 21.3 Å². The van der Waals surface area contributed by atoms with Crippen LogP contribution < -0.4 is 19.9 Å². The number of ether oxygens (including phenoxy) is 3. The van der Waals surface area contributed by atoms with Crippen molar-refractivity contribution >= 4 is 0 Å². The Bertz CT molecular complexity index is 384. The van der Waals surface area contributed by atoms with E-state index in [4.69, 9.17) is 26.4 Å². The Balaban J connectivity index is 3.32. The summed E-state index contributed by atoms with van der Waals surface area (Å²) in [5.41, 5.74) is 6.49. The van der Waals surface area contributed by atoms with Crippen LogP contribution in [0.3, 0.4) is 0 Å². The van der Waals surface area contributed by atoms with E-state index in [2.05, 4.69) is 5.92 Å². The first kappa shape index (κ1) is 12.2. The van der Waals surface area contributed by atoms with Crippen LogP contribution in [0.25, 0.3) is 0 Å². The topological polar surface area (TPSA) is 53.7 Å². The third kappa shape index (κ3) is 2.20. The Labute approximate surface area is 95.3 Å². The minimum atomic E-state index is -0.492. The van der Waals surface area contributed by atoms with Crippen molar-refractivity contribution in [2.24, 2.45) is 5.73 Å². The Morgan fingerprint density at radius 2 is 1.62 bits per heavy atom. The van der Waals surface area contributed by atoms with Gasteiger partial charge in [-0.05, 0) is 17.7 Å². The largest absolute Gasteiger partial charge is 0.493 e. The molecule has 0 aliphatic heterocycles. The number of benzene rings is 1. The van der Waals surface area contributed by atoms with E-state index in [-0.39, 0.29) is 0 Å². The molecular weight excluding hydrogens is 206 g/mol. The molecule has 1 aromatic carbocycles. The minimum Gasteiger partial charge on any atom is -0.493 e. The first-order valence-electron chi connectivity index (χ1n) is 4.69. The van der Waals surface area contributed by atoms with E-state index in [1.807, 2.05) is 0 Å². The molecule has 1 aromatic rings. The molecule has 1 unspecified atom stereocenters. The van der Waals surface area contributed by atoms with Crippen molar-refractivity contribution in [1.82, 2.24) is 0 Å². The van der Waals surface area contributed by atoms with E-state index in [9.17, 15) is 0 Å². The molecule has 2 N–H and O–H groups in total. The SMILES string of the molecule is C#CC(N)c1cc(OC)c(OC)c(OC)c1. The van der Waals surface area contributed by atoms with Gasteiger partial charge in [-0.15, -0.1) is 6.42 Å². The molecule has 4 heteroatoms. The molecule has 0 heterocycles. The van der Waals surface area contributed by atoms with Crippen LogP contribution in [-0.2, 0) is 0 Å². The summed E-state index contributed by atoms with van der Waals surface area (Å²) in [5, 5.41) is 0. The summed E-state index contributed by atoms with van der Waals surface area (Å²) < 4.78 is 15.6. The molecule has 4 nitrogen and oxygen atoms in total. The summed E-state index contributed by atoms with van der Waals surface area (Å²) >= 11 is 0. The molecule has 0 bridgehead atoms. The van der Waals surface area contributed by atoms with Gasteiger partial charge in [-0.2, -0.15) is 0 Å². The number of hydrogen-bond acceptors (Lipinski definition) is 4. The fraction of sp³-hybridized carbons (Fsp3) is 0.333. The average Bonchev–Trinajstić information content (AvgIpc) is 2.35. The third-order valence-corrected chi connectivity index (χ3v) is 2.23. The van der Waals surface area contributed by atoms with E-state index in [1.54, 1.807) is 33.5 Å². The highest BCUT2D eigenvalue weighted by molar-refractivity contribution is 5.55. The molecule has 16 heavy (non-hydrogen) atoms. The second kappa shape index (κ2) is 5.29. The summed E-state index contributed by atoms with van der Waals surface area (Å²) in [6.07, 6.45) is 5.27. The van der Waals surface area contributed by atoms with E-state index >= 15 is 0 Å². The molecule has 86 valence electrons. The van der Waals surface area contributed by atoms with Crippen LogP contribution >= 0.6 is 0 Å². The van der Waals surface area contributed by atoms with Crippen LogP contribution in [0.1, 0.15) is 11.6 Å². The lowest BCUT2D eigenvalue weighted by atomic mass is 10.1. The molecular formula is C12H15NO3. The van der Waals surface area contributed by atoms with Gasteiger partial charge in [0, 0.05) is 0 Å². The number of terminal acetylenes is 1. The predicted octanol–water partition coefficient (Wildman–Crippen LogP) is 1.35. The smallest absolute Gasteiger partial charge is 0.203 e. The highest BCUT2D eigenvalue weighted by Crippen LogP contribution is 2.39. The maximum Gasteiger partial charge on any atom is 0.203 e. The summed E-state index contributed by atoms with van der Waals surface area (Å²) in [5.74, 6) is 4.06. The lowest BCUT2D eigenvalue weighted by Gasteiger charge is -2.15. The second-order valence-electron chi connectivity index (χ2n) is 3.10. The van der Waals surface area contributed by atoms with Crippen molar-refractivity contribution in [2.45, 2.75) is 6.04 Å². The van der Waals surface area contributed by atoms with Gasteiger partial charge in [0.05, 0.1) is 27.4 Å². The molecule has 0 aromatic heterocycles. The van der Waals surface area contributed by atoms with Gasteiger partial charge in [0.1, 0.15) is 0 Å². The Hall–Kier alpha value is -1.86. The third-order valence-electron chi connectivity index (χ3n) is 2.23. The standard InChI is InChI=1S/C12H15NO3/c1-5-9(13)8-6-10(14-2)12(16-4)11(7-8)15-3/h1,6-7,9H,13H2,2-4H3. The zero-order chi connectivity index (χ0) is 12.1. The summed E-state index contributed by atoms with van der Waals surface area (Å²) in [4.78, 5) is 0. The van der Waals surface area contributed by atoms with Crippen LogP contribution in [0.5, 0.6) is 17.2 Å². The van der Waals surface area contributed by atoms with Crippen molar-refractivity contribution in [2.75, 3.05) is 21.3 Å². The molecule has 0 amide bonds. The van der Waals surface area contributed by atoms with E-state index in [0.29, 0.717) is 17.2 Å². The Morgan fingerprint density at radius 1 is 1.12 bits per heavy atom. The monoisotopic (exact) mass is 221 g/mol. The zero-order valence-electron chi connectivity index (χ0n) is 9.61. The van der Waals surface area contributed by atoms with E-state index in [1.165, 1.54) is 0 Å². The van der Waals surface area contributed by atoms with Crippen LogP contribution in [0.15, 0.2) is 12.1 Å². The fourth-order valence-electron chi connectivity index (χ4n) is 1.38. The van der Waals surface area contributed by atoms with Gasteiger partial charge in [0.15, 0.2) is 11.5 Å². The summed E-state index contributed by atoms with van der Waals surface area (Å²) in [7, 11) is 4.63. The molecule has 0 aliphatic carbocycles. The van der Waals surface area contributed by atoms with Crippen LogP contribution in [0.2, 0.25) is 0 Å². The summed E-state index contributed by atoms with van der Waals surface area (Å²) in [6.45, 7) is 0. The van der Waals surface area contributed by atoms with Gasteiger partial charge in [0.2, 0.25) is 5.75 Å². The number of nitrogens with two attached hydrogens (primary N) is 1. The van der Waals surface area contributed by atoms with Crippen molar-refractivity contribution in [3.63, 3.8) is 0 Å². The van der Waals surface area contributed by atoms with Crippen LogP contribution in [0, 0.1) is 12.3 Å². The molecule has 0 radical (unpaired) electrons. The Morgan fingerprint density at radius 3 is 1.94 bits per heavy atom. The number of hydrogen-bond donors (Lipinski definition) is 1. The van der Waals surface area contributed by atoms with Crippen molar-refractivity contribution in [3.8, 4) is 29.6 Å². The molecule has 0 saturated heterocycles. The van der Waals surface area contributed by atoms with Gasteiger partial charge in [-0.25, -0.2) is 0 Å². The maximum atomic E-state index is 5.74. The molecule has 0 saturated carbocycles. The zero-order valence-corrected chi connectivity index (χ0v) is 9.61. The highest BCUT2D eigenvalue weighted by Gasteiger charge is 2.15. The van der Waals surface area contributed by atoms with Crippen LogP contribution in [0.4, 0.5) is 0 Å². The van der Waals surface area contributed by atoms with Crippen molar-refractivity contribution < 1.29 is 14.2 Å². The van der Waals surface area contributed by atoms with Gasteiger partial charge < -0.3 is 19.9 Å². The van der Waals surface area contributed by atoms with Crippen molar-refractivity contribution in [3.05, 3.63) is 17.7 Å². The van der Waals surface area contributed by atoms with Crippen molar-refractivity contribution in [1.29, 1.82) is 0 Å². The Kier molecular flexibility index (Phi) is 4.03. The molecule has 0 aliphatic rings. The first-order valence-corrected chi connectivity index (χ1v) is 4.69. The fourth-order valence-corrected chi connectivity index (χ4v) is 1.38. The highest BCUT2D eigenvalue weighted by atomic mass is 16.5. The van der Waals surface area contributed by atoms with Gasteiger partial charge in [-0.1, -0.05) is 5.92 Å². The molecule has 0 spiro atoms. The normalized spacial score (nSPS) is 11.4. The minimum absolute atomic E-state index is 0.492. The molecule has 1 rings (SSSR count). The second-order valence-corrected chi connectivity index (χ2v) is 3.10. The quantitative estimate of drug-likeness (QED) is 0.780. The maximum absolute atomic E-state index is 5.74. The number of rotatable bonds is 4. The van der Waals surface area contributed by atoms with E-state index < -0.39 is 6.04 Å². The van der Waals surface area contributed by atoms with Gasteiger partial charge in [0.25, 0.3) is 0 Å². The number of methoxy groups -OCH3 is 3. The predicted molar refractivity (Wildman–Crippen MR) is 61.9 cm³/mol. The van der Waals surface area contributed by atoms with Gasteiger partial charge in [-0.3, -0.25) is 0 Å².